The first-order valence-electron chi connectivity index (χ1n) is 8.82. The van der Waals surface area contributed by atoms with Gasteiger partial charge in [-0.2, -0.15) is 0 Å². The van der Waals surface area contributed by atoms with E-state index in [4.69, 9.17) is 0 Å². The van der Waals surface area contributed by atoms with Gasteiger partial charge in [0.2, 0.25) is 5.95 Å². The van der Waals surface area contributed by atoms with Crippen molar-refractivity contribution in [3.05, 3.63) is 87.0 Å². The Balaban J connectivity index is 1.41. The van der Waals surface area contributed by atoms with E-state index in [2.05, 4.69) is 41.6 Å². The normalized spacial score (nSPS) is 10.6. The van der Waals surface area contributed by atoms with Crippen molar-refractivity contribution in [1.82, 2.24) is 19.7 Å². The second-order valence-corrected chi connectivity index (χ2v) is 8.03. The molecular formula is C20H15BrN6O2S. The van der Waals surface area contributed by atoms with Crippen LogP contribution in [-0.4, -0.2) is 31.6 Å². The third kappa shape index (κ3) is 4.78. The molecule has 0 radical (unpaired) electrons. The summed E-state index contributed by atoms with van der Waals surface area (Å²) in [6.45, 7) is 0.530. The number of rotatable bonds is 6. The van der Waals surface area contributed by atoms with Gasteiger partial charge in [-0.3, -0.25) is 19.9 Å². The number of hydrogen-bond donors (Lipinski definition) is 2. The molecule has 4 aromatic rings. The van der Waals surface area contributed by atoms with Gasteiger partial charge < -0.3 is 5.32 Å². The van der Waals surface area contributed by atoms with Crippen LogP contribution in [0, 0.1) is 0 Å². The van der Waals surface area contributed by atoms with Crippen LogP contribution in [0.25, 0.3) is 0 Å². The summed E-state index contributed by atoms with van der Waals surface area (Å²) in [5, 5.41) is 11.4. The molecule has 3 aromatic heterocycles. The number of nitrogens with one attached hydrogen (secondary N) is 2. The molecule has 2 amide bonds. The Morgan fingerprint density at radius 3 is 2.53 bits per heavy atom. The van der Waals surface area contributed by atoms with Crippen LogP contribution < -0.4 is 10.6 Å². The molecule has 0 fully saturated rings. The monoisotopic (exact) mass is 482 g/mol. The summed E-state index contributed by atoms with van der Waals surface area (Å²) in [6.07, 6.45) is 4.62. The first kappa shape index (κ1) is 19.9. The largest absolute Gasteiger partial charge is 0.320 e. The molecule has 0 unspecified atom stereocenters. The number of halogens is 1. The number of pyridine rings is 1. The fourth-order valence-corrected chi connectivity index (χ4v) is 3.65. The maximum atomic E-state index is 12.7. The number of thiophene rings is 1. The molecule has 30 heavy (non-hydrogen) atoms. The van der Waals surface area contributed by atoms with Crippen molar-refractivity contribution in [2.24, 2.45) is 0 Å². The zero-order valence-corrected chi connectivity index (χ0v) is 17.9. The SMILES string of the molecule is O=C(Nc1ccsc1C(=O)Nc1ncn(Cc2ccc(Br)cc2)n1)c1ccncc1. The molecule has 0 saturated carbocycles. The van der Waals surface area contributed by atoms with Gasteiger partial charge in [0.15, 0.2) is 0 Å². The minimum atomic E-state index is -0.392. The number of carbonyl (C=O) groups excluding carboxylic acids is 2. The van der Waals surface area contributed by atoms with Gasteiger partial charge in [-0.05, 0) is 41.3 Å². The van der Waals surface area contributed by atoms with Gasteiger partial charge in [0, 0.05) is 22.4 Å². The molecular weight excluding hydrogens is 468 g/mol. The van der Waals surface area contributed by atoms with Crippen LogP contribution in [0.1, 0.15) is 25.6 Å². The van der Waals surface area contributed by atoms with Gasteiger partial charge in [-0.25, -0.2) is 9.67 Å². The zero-order valence-electron chi connectivity index (χ0n) is 15.4. The summed E-state index contributed by atoms with van der Waals surface area (Å²) in [5.74, 6) is -0.518. The van der Waals surface area contributed by atoms with E-state index in [1.807, 2.05) is 24.3 Å². The second-order valence-electron chi connectivity index (χ2n) is 6.20. The van der Waals surface area contributed by atoms with E-state index in [9.17, 15) is 9.59 Å². The number of benzene rings is 1. The summed E-state index contributed by atoms with van der Waals surface area (Å²) in [6, 6.07) is 12.7. The molecule has 0 spiro atoms. The van der Waals surface area contributed by atoms with E-state index in [1.54, 1.807) is 34.6 Å². The van der Waals surface area contributed by atoms with Gasteiger partial charge in [0.25, 0.3) is 11.8 Å². The molecule has 10 heteroatoms. The lowest BCUT2D eigenvalue weighted by atomic mass is 10.2. The Labute approximate surface area is 184 Å². The van der Waals surface area contributed by atoms with Crippen molar-refractivity contribution >= 4 is 50.7 Å². The third-order valence-corrected chi connectivity index (χ3v) is 5.52. The topological polar surface area (TPSA) is 102 Å². The van der Waals surface area contributed by atoms with Gasteiger partial charge in [-0.1, -0.05) is 28.1 Å². The molecule has 2 N–H and O–H groups in total. The molecule has 8 nitrogen and oxygen atoms in total. The highest BCUT2D eigenvalue weighted by Crippen LogP contribution is 2.24. The van der Waals surface area contributed by atoms with Crippen LogP contribution >= 0.6 is 27.3 Å². The van der Waals surface area contributed by atoms with Gasteiger partial charge >= 0.3 is 0 Å². The summed E-state index contributed by atoms with van der Waals surface area (Å²) in [7, 11) is 0. The van der Waals surface area contributed by atoms with Crippen molar-refractivity contribution in [3.8, 4) is 0 Å². The summed E-state index contributed by atoms with van der Waals surface area (Å²) in [5.41, 5.74) is 1.94. The van der Waals surface area contributed by atoms with Gasteiger partial charge in [-0.15, -0.1) is 16.4 Å². The molecule has 150 valence electrons. The maximum Gasteiger partial charge on any atom is 0.270 e. The summed E-state index contributed by atoms with van der Waals surface area (Å²) >= 11 is 4.62. The molecule has 0 aliphatic carbocycles. The highest BCUT2D eigenvalue weighted by molar-refractivity contribution is 9.10. The van der Waals surface area contributed by atoms with E-state index < -0.39 is 5.91 Å². The minimum absolute atomic E-state index is 0.192. The number of aromatic nitrogens is 4. The van der Waals surface area contributed by atoms with E-state index >= 15 is 0 Å². The molecule has 0 bridgehead atoms. The summed E-state index contributed by atoms with van der Waals surface area (Å²) in [4.78, 5) is 33.4. The lowest BCUT2D eigenvalue weighted by Gasteiger charge is -2.06. The molecule has 0 saturated heterocycles. The lowest BCUT2D eigenvalue weighted by molar-refractivity contribution is 0.102. The Morgan fingerprint density at radius 1 is 1.00 bits per heavy atom. The highest BCUT2D eigenvalue weighted by atomic mass is 79.9. The first-order chi connectivity index (χ1) is 14.6. The first-order valence-corrected chi connectivity index (χ1v) is 10.5. The molecule has 0 aliphatic rings. The highest BCUT2D eigenvalue weighted by Gasteiger charge is 2.17. The lowest BCUT2D eigenvalue weighted by Crippen LogP contribution is -2.17. The minimum Gasteiger partial charge on any atom is -0.320 e. The molecule has 4 rings (SSSR count). The average Bonchev–Trinajstić information content (AvgIpc) is 3.40. The van der Waals surface area contributed by atoms with Crippen LogP contribution in [0.5, 0.6) is 0 Å². The Hall–Kier alpha value is -3.37. The second kappa shape index (κ2) is 8.97. The van der Waals surface area contributed by atoms with Crippen molar-refractivity contribution in [2.75, 3.05) is 10.6 Å². The zero-order chi connectivity index (χ0) is 20.9. The van der Waals surface area contributed by atoms with Crippen LogP contribution in [0.15, 0.2) is 71.0 Å². The maximum absolute atomic E-state index is 12.7. The molecule has 0 aliphatic heterocycles. The van der Waals surface area contributed by atoms with Crippen LogP contribution in [0.4, 0.5) is 11.6 Å². The van der Waals surface area contributed by atoms with Crippen molar-refractivity contribution in [1.29, 1.82) is 0 Å². The van der Waals surface area contributed by atoms with Crippen LogP contribution in [-0.2, 0) is 6.54 Å². The van der Waals surface area contributed by atoms with E-state index in [0.29, 0.717) is 22.7 Å². The van der Waals surface area contributed by atoms with Crippen LogP contribution in [0.3, 0.4) is 0 Å². The smallest absolute Gasteiger partial charge is 0.270 e. The van der Waals surface area contributed by atoms with E-state index in [1.165, 1.54) is 23.7 Å². The molecule has 1 aromatic carbocycles. The number of hydrogen-bond acceptors (Lipinski definition) is 6. The predicted molar refractivity (Wildman–Crippen MR) is 118 cm³/mol. The van der Waals surface area contributed by atoms with Crippen LogP contribution in [0.2, 0.25) is 0 Å². The van der Waals surface area contributed by atoms with E-state index in [-0.39, 0.29) is 11.9 Å². The number of nitrogens with zero attached hydrogens (tertiary/aromatic N) is 4. The van der Waals surface area contributed by atoms with Gasteiger partial charge in [0.1, 0.15) is 11.2 Å². The van der Waals surface area contributed by atoms with Crippen molar-refractivity contribution in [2.45, 2.75) is 6.54 Å². The number of amides is 2. The fraction of sp³-hybridized carbons (Fsp3) is 0.0500. The molecule has 3 heterocycles. The van der Waals surface area contributed by atoms with E-state index in [0.717, 1.165) is 10.0 Å². The quantitative estimate of drug-likeness (QED) is 0.431. The van der Waals surface area contributed by atoms with Crippen molar-refractivity contribution in [3.63, 3.8) is 0 Å². The fourth-order valence-electron chi connectivity index (χ4n) is 2.64. The molecule has 0 atom stereocenters. The Morgan fingerprint density at radius 2 is 1.77 bits per heavy atom. The average molecular weight is 483 g/mol. The predicted octanol–water partition coefficient (Wildman–Crippen LogP) is 4.05. The summed E-state index contributed by atoms with van der Waals surface area (Å²) < 4.78 is 2.64. The standard InChI is InChI=1S/C20H15BrN6O2S/c21-15-3-1-13(2-4-15)11-27-12-23-20(26-27)25-19(29)17-16(7-10-30-17)24-18(28)14-5-8-22-9-6-14/h1-10,12H,11H2,(H,24,28)(H,25,26,29). The Kier molecular flexibility index (Phi) is 5.96. The Bertz CT molecular complexity index is 1170. The van der Waals surface area contributed by atoms with Gasteiger partial charge in [0.05, 0.1) is 12.2 Å². The number of anilines is 2. The number of carbonyl (C=O) groups is 2. The third-order valence-electron chi connectivity index (χ3n) is 4.08. The van der Waals surface area contributed by atoms with Crippen molar-refractivity contribution < 1.29 is 9.59 Å².